The third-order valence-electron chi connectivity index (χ3n) is 6.23. The van der Waals surface area contributed by atoms with Crippen LogP contribution in [0.4, 0.5) is 4.79 Å². The third-order valence-corrected chi connectivity index (χ3v) is 6.23. The number of aromatic nitrogens is 1. The number of esters is 1. The number of alkyl carbamates (subject to hydrolysis) is 1. The lowest BCUT2D eigenvalue weighted by molar-refractivity contribution is -0.145. The maximum absolute atomic E-state index is 13.6. The van der Waals surface area contributed by atoms with E-state index in [0.717, 1.165) is 22.0 Å². The summed E-state index contributed by atoms with van der Waals surface area (Å²) in [5.74, 6) is -3.02. The van der Waals surface area contributed by atoms with Crippen molar-refractivity contribution in [2.24, 2.45) is 5.73 Å². The molecule has 4 amide bonds. The first-order valence-electron chi connectivity index (χ1n) is 13.4. The Morgan fingerprint density at radius 3 is 2.10 bits per heavy atom. The first-order valence-corrected chi connectivity index (χ1v) is 13.4. The highest BCUT2D eigenvalue weighted by Gasteiger charge is 2.32. The molecule has 12 nitrogen and oxygen atoms in total. The van der Waals surface area contributed by atoms with Crippen LogP contribution in [0.3, 0.4) is 0 Å². The number of hydrogen-bond acceptors (Lipinski definition) is 7. The van der Waals surface area contributed by atoms with Crippen molar-refractivity contribution in [2.75, 3.05) is 7.11 Å². The van der Waals surface area contributed by atoms with Crippen molar-refractivity contribution in [2.45, 2.75) is 63.8 Å². The van der Waals surface area contributed by atoms with E-state index in [9.17, 15) is 24.0 Å². The maximum atomic E-state index is 13.6. The standard InChI is InChI=1S/C30H37N5O7/c1-30(2,3)42-29(40)35-23(16-25(31)36)27(38)33-22(14-18-10-6-5-7-11-18)26(37)34-24(28(39)41-4)15-19-17-32-21-13-9-8-12-20(19)21/h5-13,17,22-24,32H,14-16H2,1-4H3,(H2,31,36)(H,33,38)(H,34,37)(H,35,40)/t22-,23-,24-/m0/s1. The van der Waals surface area contributed by atoms with Crippen molar-refractivity contribution in [3.8, 4) is 0 Å². The number of methoxy groups -OCH3 is 1. The number of nitrogens with one attached hydrogen (secondary N) is 4. The van der Waals surface area contributed by atoms with Crippen LogP contribution in [0.25, 0.3) is 10.9 Å². The molecule has 0 saturated carbocycles. The number of aromatic amines is 1. The van der Waals surface area contributed by atoms with Gasteiger partial charge in [-0.3, -0.25) is 14.4 Å². The van der Waals surface area contributed by atoms with E-state index in [1.807, 2.05) is 24.3 Å². The Balaban J connectivity index is 1.84. The van der Waals surface area contributed by atoms with Crippen LogP contribution in [0.15, 0.2) is 60.8 Å². The predicted octanol–water partition coefficient (Wildman–Crippen LogP) is 1.86. The fraction of sp³-hybridized carbons (Fsp3) is 0.367. The highest BCUT2D eigenvalue weighted by molar-refractivity contribution is 5.95. The predicted molar refractivity (Wildman–Crippen MR) is 155 cm³/mol. The molecule has 0 fully saturated rings. The molecule has 1 aromatic heterocycles. The second kappa shape index (κ2) is 14.2. The second-order valence-electron chi connectivity index (χ2n) is 10.8. The quantitative estimate of drug-likeness (QED) is 0.203. The molecule has 3 aromatic rings. The van der Waals surface area contributed by atoms with Crippen LogP contribution in [-0.4, -0.2) is 65.6 Å². The van der Waals surface area contributed by atoms with Crippen molar-refractivity contribution < 1.29 is 33.4 Å². The number of benzene rings is 2. The Labute approximate surface area is 243 Å². The van der Waals surface area contributed by atoms with Gasteiger partial charge in [-0.1, -0.05) is 48.5 Å². The van der Waals surface area contributed by atoms with Crippen molar-refractivity contribution in [1.82, 2.24) is 20.9 Å². The van der Waals surface area contributed by atoms with E-state index in [2.05, 4.69) is 20.9 Å². The summed E-state index contributed by atoms with van der Waals surface area (Å²) < 4.78 is 10.2. The number of primary amides is 1. The summed E-state index contributed by atoms with van der Waals surface area (Å²) in [6.45, 7) is 4.93. The molecule has 1 heterocycles. The van der Waals surface area contributed by atoms with Crippen LogP contribution in [0.2, 0.25) is 0 Å². The molecule has 12 heteroatoms. The molecule has 0 radical (unpaired) electrons. The molecule has 0 aliphatic carbocycles. The van der Waals surface area contributed by atoms with E-state index in [1.54, 1.807) is 57.3 Å². The molecule has 224 valence electrons. The number of carbonyl (C=O) groups excluding carboxylic acids is 5. The number of hydrogen-bond donors (Lipinski definition) is 5. The second-order valence-corrected chi connectivity index (χ2v) is 10.8. The lowest BCUT2D eigenvalue weighted by atomic mass is 10.0. The summed E-state index contributed by atoms with van der Waals surface area (Å²) in [6.07, 6.45) is 0.467. The summed E-state index contributed by atoms with van der Waals surface area (Å²) in [5, 5.41) is 8.54. The van der Waals surface area contributed by atoms with Crippen LogP contribution < -0.4 is 21.7 Å². The molecule has 0 bridgehead atoms. The van der Waals surface area contributed by atoms with Crippen LogP contribution in [0.5, 0.6) is 0 Å². The largest absolute Gasteiger partial charge is 0.467 e. The van der Waals surface area contributed by atoms with E-state index >= 15 is 0 Å². The number of carbonyl (C=O) groups is 5. The molecule has 42 heavy (non-hydrogen) atoms. The highest BCUT2D eigenvalue weighted by atomic mass is 16.6. The molecular weight excluding hydrogens is 542 g/mol. The van der Waals surface area contributed by atoms with Crippen molar-refractivity contribution >= 4 is 40.7 Å². The Morgan fingerprint density at radius 2 is 1.45 bits per heavy atom. The molecule has 3 atom stereocenters. The molecule has 0 saturated heterocycles. The van der Waals surface area contributed by atoms with Gasteiger partial charge in [-0.25, -0.2) is 9.59 Å². The smallest absolute Gasteiger partial charge is 0.408 e. The zero-order chi connectivity index (χ0) is 30.9. The number of rotatable bonds is 12. The number of ether oxygens (including phenoxy) is 2. The van der Waals surface area contributed by atoms with Gasteiger partial charge < -0.3 is 36.1 Å². The van der Waals surface area contributed by atoms with E-state index < -0.39 is 59.9 Å². The summed E-state index contributed by atoms with van der Waals surface area (Å²) >= 11 is 0. The molecule has 0 aliphatic heterocycles. The van der Waals surface area contributed by atoms with Crippen LogP contribution in [0.1, 0.15) is 38.3 Å². The SMILES string of the molecule is COC(=O)[C@H](Cc1c[nH]c2ccccc12)NC(=O)[C@H](Cc1ccccc1)NC(=O)[C@H](CC(N)=O)NC(=O)OC(C)(C)C. The van der Waals surface area contributed by atoms with Gasteiger partial charge in [0.15, 0.2) is 0 Å². The minimum Gasteiger partial charge on any atom is -0.467 e. The molecule has 6 N–H and O–H groups in total. The average molecular weight is 580 g/mol. The van der Waals surface area contributed by atoms with Gasteiger partial charge >= 0.3 is 12.1 Å². The minimum absolute atomic E-state index is 0.0507. The highest BCUT2D eigenvalue weighted by Crippen LogP contribution is 2.19. The van der Waals surface area contributed by atoms with Gasteiger partial charge in [0.2, 0.25) is 17.7 Å². The molecule has 3 rings (SSSR count). The Morgan fingerprint density at radius 1 is 0.833 bits per heavy atom. The van der Waals surface area contributed by atoms with Crippen LogP contribution in [0, 0.1) is 0 Å². The minimum atomic E-state index is -1.41. The number of fused-ring (bicyclic) bond motifs is 1. The van der Waals surface area contributed by atoms with E-state index in [4.69, 9.17) is 15.2 Å². The van der Waals surface area contributed by atoms with E-state index in [0.29, 0.717) is 0 Å². The van der Waals surface area contributed by atoms with Gasteiger partial charge in [0.1, 0.15) is 23.7 Å². The van der Waals surface area contributed by atoms with Gasteiger partial charge in [0.25, 0.3) is 0 Å². The number of H-pyrrole nitrogens is 1. The van der Waals surface area contributed by atoms with Gasteiger partial charge in [0.05, 0.1) is 13.5 Å². The zero-order valence-electron chi connectivity index (χ0n) is 24.1. The molecule has 0 spiro atoms. The topological polar surface area (TPSA) is 182 Å². The summed E-state index contributed by atoms with van der Waals surface area (Å²) in [5.41, 5.74) is 6.84. The van der Waals surface area contributed by atoms with E-state index in [-0.39, 0.29) is 12.8 Å². The summed E-state index contributed by atoms with van der Waals surface area (Å²) in [4.78, 5) is 66.9. The van der Waals surface area contributed by atoms with Crippen molar-refractivity contribution in [3.63, 3.8) is 0 Å². The molecular formula is C30H37N5O7. The van der Waals surface area contributed by atoms with Crippen LogP contribution >= 0.6 is 0 Å². The lowest BCUT2D eigenvalue weighted by Gasteiger charge is -2.26. The Hall–Kier alpha value is -4.87. The molecule has 0 aliphatic rings. The van der Waals surface area contributed by atoms with Crippen molar-refractivity contribution in [3.05, 3.63) is 71.9 Å². The van der Waals surface area contributed by atoms with Gasteiger partial charge in [-0.15, -0.1) is 0 Å². The number of para-hydroxylation sites is 1. The monoisotopic (exact) mass is 579 g/mol. The fourth-order valence-electron chi connectivity index (χ4n) is 4.32. The lowest BCUT2D eigenvalue weighted by Crippen LogP contribution is -2.57. The van der Waals surface area contributed by atoms with Crippen molar-refractivity contribution in [1.29, 1.82) is 0 Å². The van der Waals surface area contributed by atoms with E-state index in [1.165, 1.54) is 7.11 Å². The average Bonchev–Trinajstić information content (AvgIpc) is 3.33. The maximum Gasteiger partial charge on any atom is 0.408 e. The number of amides is 4. The summed E-state index contributed by atoms with van der Waals surface area (Å²) in [7, 11) is 1.22. The Kier molecular flexibility index (Phi) is 10.7. The van der Waals surface area contributed by atoms with Gasteiger partial charge in [-0.2, -0.15) is 0 Å². The Bertz CT molecular complexity index is 1410. The third kappa shape index (κ3) is 9.36. The fourth-order valence-corrected chi connectivity index (χ4v) is 4.32. The van der Waals surface area contributed by atoms with Crippen LogP contribution in [-0.2, 0) is 41.5 Å². The summed E-state index contributed by atoms with van der Waals surface area (Å²) in [6, 6.07) is 12.8. The normalized spacial score (nSPS) is 13.3. The first-order chi connectivity index (χ1) is 19.9. The van der Waals surface area contributed by atoms with Gasteiger partial charge in [-0.05, 0) is 38.0 Å². The zero-order valence-corrected chi connectivity index (χ0v) is 24.1. The van der Waals surface area contributed by atoms with Gasteiger partial charge in [0, 0.05) is 29.9 Å². The first kappa shape index (κ1) is 31.7. The molecule has 2 aromatic carbocycles. The molecule has 0 unspecified atom stereocenters. The number of nitrogens with two attached hydrogens (primary N) is 1.